The molecule has 0 aliphatic carbocycles. The van der Waals surface area contributed by atoms with Crippen molar-refractivity contribution in [1.29, 1.82) is 0 Å². The number of halogens is 3. The normalized spacial score (nSPS) is 15.6. The van der Waals surface area contributed by atoms with E-state index in [2.05, 4.69) is 15.0 Å². The predicted molar refractivity (Wildman–Crippen MR) is 69.7 cm³/mol. The van der Waals surface area contributed by atoms with Crippen molar-refractivity contribution < 1.29 is 13.2 Å². The molecule has 0 amide bonds. The Labute approximate surface area is 123 Å². The molecule has 0 saturated carbocycles. The summed E-state index contributed by atoms with van der Waals surface area (Å²) in [6, 6.07) is 0. The minimum absolute atomic E-state index is 0.219. The molecule has 3 rings (SSSR count). The maximum atomic E-state index is 12.6. The number of alkyl halides is 3. The molecule has 0 spiro atoms. The van der Waals surface area contributed by atoms with Gasteiger partial charge in [0.25, 0.3) is 5.56 Å². The molecule has 0 atom stereocenters. The molecule has 0 unspecified atom stereocenters. The molecule has 9 heteroatoms. The Balaban J connectivity index is 1.83. The minimum Gasteiger partial charge on any atom is -0.303 e. The molecule has 1 aliphatic heterocycles. The van der Waals surface area contributed by atoms with Gasteiger partial charge in [-0.15, -0.1) is 0 Å². The standard InChI is InChI=1S/C13H12F3N5O/c14-13(15,16)12-19-10-1-2-21(6-9(10)11(22)20-12)5-8-3-17-7-18-4-8/h3-4,7H,1-2,5-6H2,(H,19,20,22). The van der Waals surface area contributed by atoms with Gasteiger partial charge in [0.2, 0.25) is 5.82 Å². The zero-order valence-corrected chi connectivity index (χ0v) is 11.4. The molecule has 3 heterocycles. The van der Waals surface area contributed by atoms with E-state index in [9.17, 15) is 18.0 Å². The van der Waals surface area contributed by atoms with Gasteiger partial charge in [-0.3, -0.25) is 9.69 Å². The van der Waals surface area contributed by atoms with E-state index in [4.69, 9.17) is 0 Å². The van der Waals surface area contributed by atoms with Crippen LogP contribution in [0.4, 0.5) is 13.2 Å². The van der Waals surface area contributed by atoms with Crippen LogP contribution in [-0.2, 0) is 25.7 Å². The molecule has 22 heavy (non-hydrogen) atoms. The molecule has 1 aliphatic rings. The summed E-state index contributed by atoms with van der Waals surface area (Å²) in [6.07, 6.45) is 0.403. The number of hydrogen-bond donors (Lipinski definition) is 1. The number of nitrogens with zero attached hydrogens (tertiary/aromatic N) is 4. The maximum absolute atomic E-state index is 12.6. The van der Waals surface area contributed by atoms with Gasteiger partial charge >= 0.3 is 6.18 Å². The second kappa shape index (κ2) is 5.48. The summed E-state index contributed by atoms with van der Waals surface area (Å²) in [5, 5.41) is 0. The lowest BCUT2D eigenvalue weighted by molar-refractivity contribution is -0.145. The summed E-state index contributed by atoms with van der Waals surface area (Å²) in [5.74, 6) is -1.24. The lowest BCUT2D eigenvalue weighted by Crippen LogP contribution is -2.36. The number of nitrogens with one attached hydrogen (secondary N) is 1. The first-order valence-electron chi connectivity index (χ1n) is 6.59. The third-order valence-electron chi connectivity index (χ3n) is 3.44. The molecule has 116 valence electrons. The first kappa shape index (κ1) is 14.6. The minimum atomic E-state index is -4.65. The molecule has 6 nitrogen and oxygen atoms in total. The number of hydrogen-bond acceptors (Lipinski definition) is 5. The number of fused-ring (bicyclic) bond motifs is 1. The van der Waals surface area contributed by atoms with E-state index >= 15 is 0 Å². The van der Waals surface area contributed by atoms with Crippen LogP contribution in [0.25, 0.3) is 0 Å². The van der Waals surface area contributed by atoms with Crippen LogP contribution in [-0.4, -0.2) is 31.4 Å². The number of rotatable bonds is 2. The van der Waals surface area contributed by atoms with E-state index in [1.807, 2.05) is 9.88 Å². The number of aromatic amines is 1. The zero-order valence-electron chi connectivity index (χ0n) is 11.4. The molecule has 2 aromatic heterocycles. The lowest BCUT2D eigenvalue weighted by Gasteiger charge is -2.27. The smallest absolute Gasteiger partial charge is 0.303 e. The van der Waals surface area contributed by atoms with Crippen molar-refractivity contribution in [3.63, 3.8) is 0 Å². The van der Waals surface area contributed by atoms with Crippen molar-refractivity contribution >= 4 is 0 Å². The predicted octanol–water partition coefficient (Wildman–Crippen LogP) is 1.14. The van der Waals surface area contributed by atoms with Gasteiger partial charge in [0.05, 0.1) is 11.3 Å². The zero-order chi connectivity index (χ0) is 15.7. The fraction of sp³-hybridized carbons (Fsp3) is 0.385. The molecule has 0 radical (unpaired) electrons. The Morgan fingerprint density at radius 1 is 1.27 bits per heavy atom. The summed E-state index contributed by atoms with van der Waals surface area (Å²) in [5.41, 5.74) is 0.654. The molecule has 0 aromatic carbocycles. The highest BCUT2D eigenvalue weighted by atomic mass is 19.4. The number of aromatic nitrogens is 4. The second-order valence-electron chi connectivity index (χ2n) is 5.04. The van der Waals surface area contributed by atoms with E-state index < -0.39 is 17.6 Å². The summed E-state index contributed by atoms with van der Waals surface area (Å²) < 4.78 is 37.9. The quantitative estimate of drug-likeness (QED) is 0.900. The van der Waals surface area contributed by atoms with Crippen molar-refractivity contribution in [2.75, 3.05) is 6.54 Å². The van der Waals surface area contributed by atoms with E-state index in [0.29, 0.717) is 19.5 Å². The van der Waals surface area contributed by atoms with Crippen molar-refractivity contribution in [3.05, 3.63) is 51.7 Å². The van der Waals surface area contributed by atoms with Crippen LogP contribution in [0.3, 0.4) is 0 Å². The van der Waals surface area contributed by atoms with Crippen LogP contribution >= 0.6 is 0 Å². The largest absolute Gasteiger partial charge is 0.449 e. The van der Waals surface area contributed by atoms with Gasteiger partial charge in [-0.05, 0) is 0 Å². The highest BCUT2D eigenvalue weighted by Gasteiger charge is 2.35. The molecule has 0 saturated heterocycles. The summed E-state index contributed by atoms with van der Waals surface area (Å²) in [6.45, 7) is 1.31. The Morgan fingerprint density at radius 3 is 2.68 bits per heavy atom. The first-order valence-corrected chi connectivity index (χ1v) is 6.59. The van der Waals surface area contributed by atoms with Crippen LogP contribution in [0.5, 0.6) is 0 Å². The van der Waals surface area contributed by atoms with Crippen LogP contribution in [0.15, 0.2) is 23.5 Å². The summed E-state index contributed by atoms with van der Waals surface area (Å²) in [4.78, 5) is 27.0. The monoisotopic (exact) mass is 311 g/mol. The van der Waals surface area contributed by atoms with Crippen molar-refractivity contribution in [2.45, 2.75) is 25.7 Å². The Morgan fingerprint density at radius 2 is 2.00 bits per heavy atom. The number of H-pyrrole nitrogens is 1. The Hall–Kier alpha value is -2.29. The molecule has 0 bridgehead atoms. The average molecular weight is 311 g/mol. The van der Waals surface area contributed by atoms with E-state index in [1.165, 1.54) is 6.33 Å². The molecule has 0 fully saturated rings. The van der Waals surface area contributed by atoms with Crippen molar-refractivity contribution in [3.8, 4) is 0 Å². The van der Waals surface area contributed by atoms with E-state index in [0.717, 1.165) is 5.56 Å². The fourth-order valence-electron chi connectivity index (χ4n) is 2.42. The molecule has 1 N–H and O–H groups in total. The van der Waals surface area contributed by atoms with Crippen LogP contribution in [0, 0.1) is 0 Å². The molecule has 2 aromatic rings. The lowest BCUT2D eigenvalue weighted by atomic mass is 10.1. The molecular formula is C13H12F3N5O. The summed E-state index contributed by atoms with van der Waals surface area (Å²) in [7, 11) is 0. The third kappa shape index (κ3) is 2.98. The highest BCUT2D eigenvalue weighted by Crippen LogP contribution is 2.26. The first-order chi connectivity index (χ1) is 10.4. The van der Waals surface area contributed by atoms with Crippen LogP contribution in [0.1, 0.15) is 22.6 Å². The van der Waals surface area contributed by atoms with Gasteiger partial charge < -0.3 is 4.98 Å². The summed E-state index contributed by atoms with van der Waals surface area (Å²) >= 11 is 0. The second-order valence-corrected chi connectivity index (χ2v) is 5.04. The SMILES string of the molecule is O=c1[nH]c(C(F)(F)F)nc2c1CN(Cc1cncnc1)CC2. The third-order valence-corrected chi connectivity index (χ3v) is 3.44. The van der Waals surface area contributed by atoms with Gasteiger partial charge in [0.15, 0.2) is 0 Å². The van der Waals surface area contributed by atoms with Crippen LogP contribution in [0.2, 0.25) is 0 Å². The molecular weight excluding hydrogens is 299 g/mol. The van der Waals surface area contributed by atoms with Gasteiger partial charge in [-0.25, -0.2) is 15.0 Å². The fourth-order valence-corrected chi connectivity index (χ4v) is 2.42. The average Bonchev–Trinajstić information content (AvgIpc) is 2.48. The van der Waals surface area contributed by atoms with E-state index in [-0.39, 0.29) is 17.8 Å². The Bertz CT molecular complexity index is 729. The van der Waals surface area contributed by atoms with Gasteiger partial charge in [0, 0.05) is 44.0 Å². The van der Waals surface area contributed by atoms with Crippen molar-refractivity contribution in [1.82, 2.24) is 24.8 Å². The van der Waals surface area contributed by atoms with Crippen molar-refractivity contribution in [2.24, 2.45) is 0 Å². The van der Waals surface area contributed by atoms with E-state index in [1.54, 1.807) is 12.4 Å². The maximum Gasteiger partial charge on any atom is 0.449 e. The van der Waals surface area contributed by atoms with Gasteiger partial charge in [-0.1, -0.05) is 0 Å². The Kier molecular flexibility index (Phi) is 3.65. The van der Waals surface area contributed by atoms with Gasteiger partial charge in [-0.2, -0.15) is 13.2 Å². The topological polar surface area (TPSA) is 74.8 Å². The van der Waals surface area contributed by atoms with Crippen LogP contribution < -0.4 is 5.56 Å². The highest BCUT2D eigenvalue weighted by molar-refractivity contribution is 5.22. The van der Waals surface area contributed by atoms with Gasteiger partial charge in [0.1, 0.15) is 6.33 Å².